The van der Waals surface area contributed by atoms with Crippen molar-refractivity contribution in [3.05, 3.63) is 24.3 Å². The molecule has 1 aromatic rings. The highest BCUT2D eigenvalue weighted by molar-refractivity contribution is 5.95. The Bertz CT molecular complexity index is 579. The van der Waals surface area contributed by atoms with Crippen LogP contribution in [-0.4, -0.2) is 32.0 Å². The fourth-order valence-corrected chi connectivity index (χ4v) is 3.68. The third kappa shape index (κ3) is 3.89. The van der Waals surface area contributed by atoms with E-state index >= 15 is 0 Å². The number of anilines is 1. The highest BCUT2D eigenvalue weighted by Crippen LogP contribution is 2.27. The first-order valence-corrected chi connectivity index (χ1v) is 8.89. The van der Waals surface area contributed by atoms with E-state index in [2.05, 4.69) is 5.32 Å². The number of nitrogens with zero attached hydrogens (tertiary/aromatic N) is 1. The van der Waals surface area contributed by atoms with Crippen molar-refractivity contribution in [2.75, 3.05) is 25.1 Å². The molecule has 0 spiro atoms. The Morgan fingerprint density at radius 2 is 1.92 bits per heavy atom. The Kier molecular flexibility index (Phi) is 5.38. The summed E-state index contributed by atoms with van der Waals surface area (Å²) in [6.07, 6.45) is 6.08. The molecular formula is C19H26N2O3. The Morgan fingerprint density at radius 1 is 1.21 bits per heavy atom. The average Bonchev–Trinajstić information content (AvgIpc) is 3.01. The summed E-state index contributed by atoms with van der Waals surface area (Å²) in [5.41, 5.74) is 0.891. The zero-order valence-corrected chi connectivity index (χ0v) is 14.3. The van der Waals surface area contributed by atoms with Crippen molar-refractivity contribution in [1.29, 1.82) is 0 Å². The quantitative estimate of drug-likeness (QED) is 0.903. The maximum Gasteiger partial charge on any atom is 0.227 e. The fourth-order valence-electron chi connectivity index (χ4n) is 3.68. The Labute approximate surface area is 143 Å². The molecule has 1 aliphatic carbocycles. The van der Waals surface area contributed by atoms with Crippen molar-refractivity contribution in [2.24, 2.45) is 11.8 Å². The molecule has 2 amide bonds. The van der Waals surface area contributed by atoms with E-state index in [4.69, 9.17) is 4.74 Å². The molecule has 1 saturated heterocycles. The standard InChI is InChI=1S/C19H26N2O3/c1-24-17-9-7-16(8-10-17)21-13-14(11-18(21)22)12-20-19(23)15-5-3-2-4-6-15/h7-10,14-15H,2-6,11-13H2,1H3,(H,20,23)/t14-/m1/s1. The van der Waals surface area contributed by atoms with Crippen LogP contribution in [0.15, 0.2) is 24.3 Å². The van der Waals surface area contributed by atoms with E-state index in [1.807, 2.05) is 24.3 Å². The van der Waals surface area contributed by atoms with Crippen LogP contribution < -0.4 is 15.0 Å². The second kappa shape index (κ2) is 7.69. The van der Waals surface area contributed by atoms with Crippen LogP contribution in [0, 0.1) is 11.8 Å². The van der Waals surface area contributed by atoms with Gasteiger partial charge in [-0.2, -0.15) is 0 Å². The van der Waals surface area contributed by atoms with E-state index in [1.165, 1.54) is 6.42 Å². The van der Waals surface area contributed by atoms with Crippen LogP contribution in [0.25, 0.3) is 0 Å². The number of ether oxygens (including phenoxy) is 1. The van der Waals surface area contributed by atoms with Gasteiger partial charge in [-0.25, -0.2) is 0 Å². The highest BCUT2D eigenvalue weighted by atomic mass is 16.5. The normalized spacial score (nSPS) is 21.8. The van der Waals surface area contributed by atoms with Crippen LogP contribution in [0.1, 0.15) is 38.5 Å². The number of benzene rings is 1. The summed E-state index contributed by atoms with van der Waals surface area (Å²) in [5, 5.41) is 3.07. The van der Waals surface area contributed by atoms with E-state index in [1.54, 1.807) is 12.0 Å². The third-order valence-electron chi connectivity index (χ3n) is 5.13. The molecule has 1 heterocycles. The van der Waals surface area contributed by atoms with E-state index in [0.717, 1.165) is 37.1 Å². The zero-order valence-electron chi connectivity index (χ0n) is 14.3. The number of carbonyl (C=O) groups is 2. The van der Waals surface area contributed by atoms with E-state index in [-0.39, 0.29) is 23.7 Å². The van der Waals surface area contributed by atoms with Crippen LogP contribution in [0.4, 0.5) is 5.69 Å². The van der Waals surface area contributed by atoms with E-state index in [0.29, 0.717) is 19.5 Å². The lowest BCUT2D eigenvalue weighted by atomic mass is 9.88. The van der Waals surface area contributed by atoms with Crippen LogP contribution in [0.3, 0.4) is 0 Å². The lowest BCUT2D eigenvalue weighted by Gasteiger charge is -2.22. The van der Waals surface area contributed by atoms with Crippen LogP contribution in [-0.2, 0) is 9.59 Å². The van der Waals surface area contributed by atoms with Crippen molar-refractivity contribution in [2.45, 2.75) is 38.5 Å². The largest absolute Gasteiger partial charge is 0.497 e. The summed E-state index contributed by atoms with van der Waals surface area (Å²) >= 11 is 0. The van der Waals surface area contributed by atoms with Gasteiger partial charge in [0.15, 0.2) is 0 Å². The molecule has 24 heavy (non-hydrogen) atoms. The van der Waals surface area contributed by atoms with Gasteiger partial charge >= 0.3 is 0 Å². The molecule has 1 atom stereocenters. The molecule has 0 bridgehead atoms. The van der Waals surface area contributed by atoms with Crippen molar-refractivity contribution in [3.8, 4) is 5.75 Å². The van der Waals surface area contributed by atoms with Crippen molar-refractivity contribution >= 4 is 17.5 Å². The number of methoxy groups -OCH3 is 1. The summed E-state index contributed by atoms with van der Waals surface area (Å²) in [7, 11) is 1.63. The monoisotopic (exact) mass is 330 g/mol. The minimum absolute atomic E-state index is 0.122. The number of amides is 2. The molecule has 0 aromatic heterocycles. The van der Waals surface area contributed by atoms with Crippen LogP contribution in [0.2, 0.25) is 0 Å². The van der Waals surface area contributed by atoms with E-state index in [9.17, 15) is 9.59 Å². The second-order valence-corrected chi connectivity index (χ2v) is 6.85. The van der Waals surface area contributed by atoms with Crippen molar-refractivity contribution in [1.82, 2.24) is 5.32 Å². The molecule has 2 fully saturated rings. The number of rotatable bonds is 5. The summed E-state index contributed by atoms with van der Waals surface area (Å²) < 4.78 is 5.15. The van der Waals surface area contributed by atoms with Gasteiger partial charge < -0.3 is 15.0 Å². The maximum atomic E-state index is 12.3. The Hall–Kier alpha value is -2.04. The third-order valence-corrected chi connectivity index (χ3v) is 5.13. The maximum absolute atomic E-state index is 12.3. The first-order chi connectivity index (χ1) is 11.7. The smallest absolute Gasteiger partial charge is 0.227 e. The number of hydrogen-bond donors (Lipinski definition) is 1. The molecule has 1 saturated carbocycles. The Morgan fingerprint density at radius 3 is 2.58 bits per heavy atom. The summed E-state index contributed by atoms with van der Waals surface area (Å²) in [4.78, 5) is 26.3. The first-order valence-electron chi connectivity index (χ1n) is 8.89. The highest BCUT2D eigenvalue weighted by Gasteiger charge is 2.31. The summed E-state index contributed by atoms with van der Waals surface area (Å²) in [6.45, 7) is 1.25. The minimum atomic E-state index is 0.122. The summed E-state index contributed by atoms with van der Waals surface area (Å²) in [6, 6.07) is 7.53. The molecule has 3 rings (SSSR count). The topological polar surface area (TPSA) is 58.6 Å². The number of carbonyl (C=O) groups excluding carboxylic acids is 2. The van der Waals surface area contributed by atoms with Gasteiger partial charge in [0.1, 0.15) is 5.75 Å². The van der Waals surface area contributed by atoms with Crippen LogP contribution in [0.5, 0.6) is 5.75 Å². The molecule has 1 aromatic carbocycles. The lowest BCUT2D eigenvalue weighted by molar-refractivity contribution is -0.126. The SMILES string of the molecule is COc1ccc(N2C[C@@H](CNC(=O)C3CCCCC3)CC2=O)cc1. The van der Waals surface area contributed by atoms with Gasteiger partial charge in [-0.05, 0) is 37.1 Å². The molecule has 1 N–H and O–H groups in total. The molecule has 5 heteroatoms. The van der Waals surface area contributed by atoms with Crippen molar-refractivity contribution in [3.63, 3.8) is 0 Å². The predicted octanol–water partition coefficient (Wildman–Crippen LogP) is 2.74. The Balaban J connectivity index is 1.51. The lowest BCUT2D eigenvalue weighted by Crippen LogP contribution is -2.36. The molecule has 130 valence electrons. The fraction of sp³-hybridized carbons (Fsp3) is 0.579. The molecule has 1 aliphatic heterocycles. The van der Waals surface area contributed by atoms with Gasteiger partial charge in [0.2, 0.25) is 11.8 Å². The molecule has 0 radical (unpaired) electrons. The molecule has 0 unspecified atom stereocenters. The number of hydrogen-bond acceptors (Lipinski definition) is 3. The molecule has 5 nitrogen and oxygen atoms in total. The second-order valence-electron chi connectivity index (χ2n) is 6.85. The number of nitrogens with one attached hydrogen (secondary N) is 1. The molecule has 2 aliphatic rings. The molecular weight excluding hydrogens is 304 g/mol. The van der Waals surface area contributed by atoms with Gasteiger partial charge in [-0.3, -0.25) is 9.59 Å². The zero-order chi connectivity index (χ0) is 16.9. The summed E-state index contributed by atoms with van der Waals surface area (Å²) in [5.74, 6) is 1.43. The van der Waals surface area contributed by atoms with Crippen molar-refractivity contribution < 1.29 is 14.3 Å². The van der Waals surface area contributed by atoms with Gasteiger partial charge in [-0.15, -0.1) is 0 Å². The van der Waals surface area contributed by atoms with E-state index < -0.39 is 0 Å². The van der Waals surface area contributed by atoms with Gasteiger partial charge in [0.05, 0.1) is 7.11 Å². The van der Waals surface area contributed by atoms with Gasteiger partial charge in [0, 0.05) is 37.0 Å². The van der Waals surface area contributed by atoms with Crippen LogP contribution >= 0.6 is 0 Å². The van der Waals surface area contributed by atoms with Gasteiger partial charge in [-0.1, -0.05) is 19.3 Å². The first kappa shape index (κ1) is 16.8. The average molecular weight is 330 g/mol. The van der Waals surface area contributed by atoms with Gasteiger partial charge in [0.25, 0.3) is 0 Å². The minimum Gasteiger partial charge on any atom is -0.497 e. The predicted molar refractivity (Wildman–Crippen MR) is 93.0 cm³/mol.